The molecule has 1 saturated heterocycles. The number of carbonyl (C=O) groups excluding carboxylic acids is 1. The van der Waals surface area contributed by atoms with Crippen LogP contribution in [0.2, 0.25) is 0 Å². The van der Waals surface area contributed by atoms with Crippen LogP contribution in [0.25, 0.3) is 0 Å². The molecule has 1 aliphatic heterocycles. The van der Waals surface area contributed by atoms with Crippen molar-refractivity contribution in [3.05, 3.63) is 65.2 Å². The predicted molar refractivity (Wildman–Crippen MR) is 105 cm³/mol. The second-order valence-electron chi connectivity index (χ2n) is 6.78. The van der Waals surface area contributed by atoms with E-state index in [0.717, 1.165) is 18.7 Å². The van der Waals surface area contributed by atoms with Crippen molar-refractivity contribution < 1.29 is 9.53 Å². The number of likely N-dealkylation sites (tertiary alicyclic amines) is 1. The Morgan fingerprint density at radius 3 is 2.31 bits per heavy atom. The molecule has 0 unspecified atom stereocenters. The number of hydrogen-bond acceptors (Lipinski definition) is 3. The SMILES string of the molecule is CCc1ccc(OCCNC(=O)c2ccc(CN3CCCC3)cc2)cc1. The molecule has 1 aliphatic rings. The smallest absolute Gasteiger partial charge is 0.251 e. The van der Waals surface area contributed by atoms with Crippen LogP contribution in [0, 0.1) is 0 Å². The van der Waals surface area contributed by atoms with Crippen molar-refractivity contribution in [3.63, 3.8) is 0 Å². The van der Waals surface area contributed by atoms with E-state index in [0.29, 0.717) is 18.7 Å². The van der Waals surface area contributed by atoms with E-state index in [1.165, 1.54) is 37.1 Å². The fourth-order valence-corrected chi connectivity index (χ4v) is 3.22. The number of benzene rings is 2. The van der Waals surface area contributed by atoms with Crippen molar-refractivity contribution in [2.45, 2.75) is 32.7 Å². The molecule has 4 heteroatoms. The number of ether oxygens (including phenoxy) is 1. The second-order valence-corrected chi connectivity index (χ2v) is 6.78. The number of nitrogens with one attached hydrogen (secondary N) is 1. The first-order chi connectivity index (χ1) is 12.7. The lowest BCUT2D eigenvalue weighted by Gasteiger charge is -2.14. The summed E-state index contributed by atoms with van der Waals surface area (Å²) in [5.41, 5.74) is 3.25. The van der Waals surface area contributed by atoms with E-state index in [2.05, 4.69) is 41.4 Å². The van der Waals surface area contributed by atoms with Gasteiger partial charge in [0, 0.05) is 12.1 Å². The summed E-state index contributed by atoms with van der Waals surface area (Å²) < 4.78 is 5.67. The number of rotatable bonds is 8. The normalized spacial score (nSPS) is 14.3. The lowest BCUT2D eigenvalue weighted by atomic mass is 10.1. The van der Waals surface area contributed by atoms with E-state index in [1.807, 2.05) is 24.3 Å². The molecule has 1 amide bonds. The van der Waals surface area contributed by atoms with Crippen molar-refractivity contribution in [1.82, 2.24) is 10.2 Å². The summed E-state index contributed by atoms with van der Waals surface area (Å²) in [5.74, 6) is 0.783. The number of nitrogens with zero attached hydrogens (tertiary/aromatic N) is 1. The molecule has 0 saturated carbocycles. The zero-order valence-electron chi connectivity index (χ0n) is 15.5. The average molecular weight is 352 g/mol. The van der Waals surface area contributed by atoms with Crippen LogP contribution in [0.5, 0.6) is 5.75 Å². The minimum Gasteiger partial charge on any atom is -0.492 e. The maximum atomic E-state index is 12.2. The zero-order chi connectivity index (χ0) is 18.2. The molecule has 1 N–H and O–H groups in total. The Bertz CT molecular complexity index is 689. The van der Waals surface area contributed by atoms with Gasteiger partial charge in [0.25, 0.3) is 5.91 Å². The maximum absolute atomic E-state index is 12.2. The van der Waals surface area contributed by atoms with Gasteiger partial charge in [0.1, 0.15) is 12.4 Å². The van der Waals surface area contributed by atoms with Gasteiger partial charge in [0.2, 0.25) is 0 Å². The summed E-state index contributed by atoms with van der Waals surface area (Å²) in [4.78, 5) is 14.7. The Morgan fingerprint density at radius 2 is 1.65 bits per heavy atom. The van der Waals surface area contributed by atoms with Crippen LogP contribution in [0.1, 0.15) is 41.3 Å². The molecule has 4 nitrogen and oxygen atoms in total. The van der Waals surface area contributed by atoms with Gasteiger partial charge in [-0.05, 0) is 67.7 Å². The number of carbonyl (C=O) groups is 1. The summed E-state index contributed by atoms with van der Waals surface area (Å²) in [5, 5.41) is 2.91. The Morgan fingerprint density at radius 1 is 1.00 bits per heavy atom. The summed E-state index contributed by atoms with van der Waals surface area (Å²) in [6.07, 6.45) is 3.61. The lowest BCUT2D eigenvalue weighted by Crippen LogP contribution is -2.28. The van der Waals surface area contributed by atoms with E-state index in [1.54, 1.807) is 0 Å². The van der Waals surface area contributed by atoms with E-state index < -0.39 is 0 Å². The van der Waals surface area contributed by atoms with E-state index in [4.69, 9.17) is 4.74 Å². The Labute approximate surface area is 156 Å². The summed E-state index contributed by atoms with van der Waals surface area (Å²) in [6, 6.07) is 16.0. The third kappa shape index (κ3) is 5.33. The number of hydrogen-bond donors (Lipinski definition) is 1. The molecule has 2 aromatic rings. The van der Waals surface area contributed by atoms with Gasteiger partial charge in [-0.2, -0.15) is 0 Å². The molecule has 1 fully saturated rings. The minimum absolute atomic E-state index is 0.0531. The Hall–Kier alpha value is -2.33. The summed E-state index contributed by atoms with van der Waals surface area (Å²) in [7, 11) is 0. The third-order valence-electron chi connectivity index (χ3n) is 4.81. The molecule has 0 radical (unpaired) electrons. The molecular formula is C22H28N2O2. The predicted octanol–water partition coefficient (Wildman–Crippen LogP) is 3.65. The largest absolute Gasteiger partial charge is 0.492 e. The Kier molecular flexibility index (Phi) is 6.67. The van der Waals surface area contributed by atoms with Crippen molar-refractivity contribution in [2.24, 2.45) is 0 Å². The fraction of sp³-hybridized carbons (Fsp3) is 0.409. The molecule has 1 heterocycles. The van der Waals surface area contributed by atoms with Gasteiger partial charge in [-0.15, -0.1) is 0 Å². The van der Waals surface area contributed by atoms with Crippen LogP contribution in [0.3, 0.4) is 0 Å². The van der Waals surface area contributed by atoms with E-state index >= 15 is 0 Å². The standard InChI is InChI=1S/C22H28N2O2/c1-2-18-7-11-21(12-8-18)26-16-13-23-22(25)20-9-5-19(6-10-20)17-24-14-3-4-15-24/h5-12H,2-4,13-17H2,1H3,(H,23,25). The molecule has 26 heavy (non-hydrogen) atoms. The van der Waals surface area contributed by atoms with Crippen LogP contribution >= 0.6 is 0 Å². The number of aryl methyl sites for hydroxylation is 1. The van der Waals surface area contributed by atoms with Crippen molar-refractivity contribution in [2.75, 3.05) is 26.2 Å². The van der Waals surface area contributed by atoms with Gasteiger partial charge in [0.15, 0.2) is 0 Å². The van der Waals surface area contributed by atoms with Gasteiger partial charge in [-0.25, -0.2) is 0 Å². The fourth-order valence-electron chi connectivity index (χ4n) is 3.22. The third-order valence-corrected chi connectivity index (χ3v) is 4.81. The molecule has 0 spiro atoms. The molecule has 0 atom stereocenters. The molecule has 0 aromatic heterocycles. The lowest BCUT2D eigenvalue weighted by molar-refractivity contribution is 0.0947. The second kappa shape index (κ2) is 9.39. The maximum Gasteiger partial charge on any atom is 0.251 e. The monoisotopic (exact) mass is 352 g/mol. The van der Waals surface area contributed by atoms with E-state index in [9.17, 15) is 4.79 Å². The first kappa shape index (κ1) is 18.5. The molecule has 3 rings (SSSR count). The number of amides is 1. The van der Waals surface area contributed by atoms with Gasteiger partial charge in [-0.1, -0.05) is 31.2 Å². The highest BCUT2D eigenvalue weighted by atomic mass is 16.5. The van der Waals surface area contributed by atoms with Crippen LogP contribution < -0.4 is 10.1 Å². The van der Waals surface area contributed by atoms with Gasteiger partial charge < -0.3 is 10.1 Å². The molecule has 0 bridgehead atoms. The molecule has 0 aliphatic carbocycles. The van der Waals surface area contributed by atoms with Crippen molar-refractivity contribution >= 4 is 5.91 Å². The minimum atomic E-state index is -0.0531. The average Bonchev–Trinajstić information content (AvgIpc) is 3.19. The summed E-state index contributed by atoms with van der Waals surface area (Å²) >= 11 is 0. The van der Waals surface area contributed by atoms with E-state index in [-0.39, 0.29) is 5.91 Å². The summed E-state index contributed by atoms with van der Waals surface area (Å²) in [6.45, 7) is 6.43. The highest BCUT2D eigenvalue weighted by Gasteiger charge is 2.12. The highest BCUT2D eigenvalue weighted by Crippen LogP contribution is 2.14. The van der Waals surface area contributed by atoms with Crippen molar-refractivity contribution in [1.29, 1.82) is 0 Å². The first-order valence-electron chi connectivity index (χ1n) is 9.56. The molecular weight excluding hydrogens is 324 g/mol. The van der Waals surface area contributed by atoms with Gasteiger partial charge in [-0.3, -0.25) is 9.69 Å². The Balaban J connectivity index is 1.39. The van der Waals surface area contributed by atoms with Crippen LogP contribution in [-0.4, -0.2) is 37.0 Å². The molecule has 138 valence electrons. The van der Waals surface area contributed by atoms with Gasteiger partial charge in [0.05, 0.1) is 6.54 Å². The highest BCUT2D eigenvalue weighted by molar-refractivity contribution is 5.94. The zero-order valence-corrected chi connectivity index (χ0v) is 15.5. The van der Waals surface area contributed by atoms with Gasteiger partial charge >= 0.3 is 0 Å². The van der Waals surface area contributed by atoms with Crippen LogP contribution in [0.4, 0.5) is 0 Å². The van der Waals surface area contributed by atoms with Crippen molar-refractivity contribution in [3.8, 4) is 5.75 Å². The molecule has 2 aromatic carbocycles. The van der Waals surface area contributed by atoms with Crippen LogP contribution in [-0.2, 0) is 13.0 Å². The topological polar surface area (TPSA) is 41.6 Å². The first-order valence-corrected chi connectivity index (χ1v) is 9.56. The quantitative estimate of drug-likeness (QED) is 0.737. The van der Waals surface area contributed by atoms with Crippen LogP contribution in [0.15, 0.2) is 48.5 Å².